The number of amides is 2. The molecule has 0 spiro atoms. The van der Waals surface area contributed by atoms with Crippen LogP contribution in [0, 0.1) is 5.92 Å². The minimum atomic E-state index is -0.895. The van der Waals surface area contributed by atoms with E-state index in [-0.39, 0.29) is 12.6 Å². The Morgan fingerprint density at radius 1 is 1.40 bits per heavy atom. The molecular formula is C10H20N2O3. The van der Waals surface area contributed by atoms with Crippen LogP contribution in [0.5, 0.6) is 0 Å². The normalized spacial score (nSPS) is 11.9. The van der Waals surface area contributed by atoms with Crippen LogP contribution in [0.1, 0.15) is 27.2 Å². The van der Waals surface area contributed by atoms with Crippen LogP contribution in [0.4, 0.5) is 4.79 Å². The van der Waals surface area contributed by atoms with E-state index >= 15 is 0 Å². The molecule has 0 aromatic rings. The summed E-state index contributed by atoms with van der Waals surface area (Å²) in [5.41, 5.74) is 0. The fourth-order valence-electron chi connectivity index (χ4n) is 1.11. The lowest BCUT2D eigenvalue weighted by molar-refractivity contribution is -0.140. The van der Waals surface area contributed by atoms with Gasteiger partial charge in [-0.3, -0.25) is 4.79 Å². The largest absolute Gasteiger partial charge is 0.481 e. The smallest absolute Gasteiger partial charge is 0.317 e. The van der Waals surface area contributed by atoms with Gasteiger partial charge in [0.1, 0.15) is 0 Å². The summed E-state index contributed by atoms with van der Waals surface area (Å²) in [6.07, 6.45) is 0.899. The maximum Gasteiger partial charge on any atom is 0.317 e. The van der Waals surface area contributed by atoms with Gasteiger partial charge in [-0.15, -0.1) is 0 Å². The minimum Gasteiger partial charge on any atom is -0.481 e. The van der Waals surface area contributed by atoms with E-state index in [1.807, 2.05) is 13.8 Å². The molecule has 0 aliphatic heterocycles. The van der Waals surface area contributed by atoms with Crippen LogP contribution < -0.4 is 5.32 Å². The maximum atomic E-state index is 11.5. The summed E-state index contributed by atoms with van der Waals surface area (Å²) in [4.78, 5) is 23.7. The van der Waals surface area contributed by atoms with Crippen molar-refractivity contribution in [1.29, 1.82) is 0 Å². The highest BCUT2D eigenvalue weighted by atomic mass is 16.4. The first-order valence-electron chi connectivity index (χ1n) is 5.28. The number of nitrogens with zero attached hydrogens (tertiary/aromatic N) is 1. The van der Waals surface area contributed by atoms with Crippen molar-refractivity contribution in [2.24, 2.45) is 5.92 Å². The number of rotatable bonds is 6. The maximum absolute atomic E-state index is 11.5. The SMILES string of the molecule is CCCN(CC)C(=O)NCC(C)C(=O)O. The van der Waals surface area contributed by atoms with Crippen LogP contribution in [0.25, 0.3) is 0 Å². The first-order valence-corrected chi connectivity index (χ1v) is 5.28. The predicted octanol–water partition coefficient (Wildman–Crippen LogP) is 1.15. The number of urea groups is 1. The number of carboxylic acid groups (broad SMARTS) is 1. The molecule has 15 heavy (non-hydrogen) atoms. The highest BCUT2D eigenvalue weighted by Gasteiger charge is 2.14. The molecule has 1 atom stereocenters. The zero-order valence-corrected chi connectivity index (χ0v) is 9.62. The summed E-state index contributed by atoms with van der Waals surface area (Å²) in [7, 11) is 0. The molecule has 88 valence electrons. The Kier molecular flexibility index (Phi) is 6.49. The molecule has 1 unspecified atom stereocenters. The molecule has 5 heteroatoms. The lowest BCUT2D eigenvalue weighted by atomic mass is 10.2. The second-order valence-corrected chi connectivity index (χ2v) is 3.51. The van der Waals surface area contributed by atoms with E-state index in [2.05, 4.69) is 5.32 Å². The van der Waals surface area contributed by atoms with Gasteiger partial charge < -0.3 is 15.3 Å². The standard InChI is InChI=1S/C10H20N2O3/c1-4-6-12(5-2)10(15)11-7-8(3)9(13)14/h8H,4-7H2,1-3H3,(H,11,15)(H,13,14). The van der Waals surface area contributed by atoms with E-state index in [0.717, 1.165) is 6.42 Å². The lowest BCUT2D eigenvalue weighted by Gasteiger charge is -2.21. The van der Waals surface area contributed by atoms with Crippen LogP contribution in [0.15, 0.2) is 0 Å². The van der Waals surface area contributed by atoms with Crippen molar-refractivity contribution in [3.05, 3.63) is 0 Å². The Hall–Kier alpha value is -1.26. The first-order chi connectivity index (χ1) is 7.02. The average molecular weight is 216 g/mol. The summed E-state index contributed by atoms with van der Waals surface area (Å²) in [6, 6.07) is -0.188. The van der Waals surface area contributed by atoms with Crippen LogP contribution in [0.3, 0.4) is 0 Å². The first kappa shape index (κ1) is 13.7. The van der Waals surface area contributed by atoms with Crippen LogP contribution in [0.2, 0.25) is 0 Å². The fraction of sp³-hybridized carbons (Fsp3) is 0.800. The highest BCUT2D eigenvalue weighted by Crippen LogP contribution is 1.95. The highest BCUT2D eigenvalue weighted by molar-refractivity contribution is 5.75. The topological polar surface area (TPSA) is 69.6 Å². The van der Waals surface area contributed by atoms with Crippen molar-refractivity contribution >= 4 is 12.0 Å². The van der Waals surface area contributed by atoms with Crippen molar-refractivity contribution < 1.29 is 14.7 Å². The molecule has 0 fully saturated rings. The van der Waals surface area contributed by atoms with Gasteiger partial charge >= 0.3 is 12.0 Å². The lowest BCUT2D eigenvalue weighted by Crippen LogP contribution is -2.42. The Morgan fingerprint density at radius 2 is 2.00 bits per heavy atom. The summed E-state index contributed by atoms with van der Waals surface area (Å²) < 4.78 is 0. The molecule has 0 aliphatic carbocycles. The molecule has 0 rings (SSSR count). The minimum absolute atomic E-state index is 0.175. The molecule has 2 amide bonds. The van der Waals surface area contributed by atoms with Crippen LogP contribution in [-0.2, 0) is 4.79 Å². The summed E-state index contributed by atoms with van der Waals surface area (Å²) in [6.45, 7) is 6.98. The van der Waals surface area contributed by atoms with Gasteiger partial charge in [0.2, 0.25) is 0 Å². The van der Waals surface area contributed by atoms with Gasteiger partial charge in [0.25, 0.3) is 0 Å². The van der Waals surface area contributed by atoms with Crippen molar-refractivity contribution in [3.8, 4) is 0 Å². The molecule has 0 aromatic heterocycles. The number of nitrogens with one attached hydrogen (secondary N) is 1. The average Bonchev–Trinajstić information content (AvgIpc) is 2.21. The van der Waals surface area contributed by atoms with Gasteiger partial charge in [-0.1, -0.05) is 13.8 Å². The zero-order chi connectivity index (χ0) is 11.8. The second-order valence-electron chi connectivity index (χ2n) is 3.51. The van der Waals surface area contributed by atoms with Crippen molar-refractivity contribution in [2.45, 2.75) is 27.2 Å². The summed E-state index contributed by atoms with van der Waals surface area (Å²) in [5.74, 6) is -1.44. The van der Waals surface area contributed by atoms with Gasteiger partial charge in [0, 0.05) is 19.6 Å². The molecule has 0 saturated carbocycles. The third kappa shape index (κ3) is 5.24. The molecule has 5 nitrogen and oxygen atoms in total. The van der Waals surface area contributed by atoms with E-state index < -0.39 is 11.9 Å². The Morgan fingerprint density at radius 3 is 2.40 bits per heavy atom. The van der Waals surface area contributed by atoms with E-state index in [0.29, 0.717) is 13.1 Å². The number of carboxylic acids is 1. The van der Waals surface area contributed by atoms with Gasteiger partial charge in [-0.05, 0) is 13.3 Å². The predicted molar refractivity (Wildman–Crippen MR) is 57.7 cm³/mol. The fourth-order valence-corrected chi connectivity index (χ4v) is 1.11. The zero-order valence-electron chi connectivity index (χ0n) is 9.62. The summed E-state index contributed by atoms with van der Waals surface area (Å²) in [5, 5.41) is 11.2. The number of hydrogen-bond donors (Lipinski definition) is 2. The molecule has 0 saturated heterocycles. The third-order valence-corrected chi connectivity index (χ3v) is 2.14. The van der Waals surface area contributed by atoms with Gasteiger partial charge in [0.05, 0.1) is 5.92 Å². The molecule has 0 aromatic carbocycles. The quantitative estimate of drug-likeness (QED) is 0.699. The molecule has 0 heterocycles. The van der Waals surface area contributed by atoms with Crippen LogP contribution in [-0.4, -0.2) is 41.6 Å². The van der Waals surface area contributed by atoms with E-state index in [1.165, 1.54) is 0 Å². The Balaban J connectivity index is 3.95. The number of hydrogen-bond acceptors (Lipinski definition) is 2. The van der Waals surface area contributed by atoms with Gasteiger partial charge in [0.15, 0.2) is 0 Å². The molecule has 0 aliphatic rings. The Labute approximate surface area is 90.5 Å². The monoisotopic (exact) mass is 216 g/mol. The number of aliphatic carboxylic acids is 1. The number of carbonyl (C=O) groups is 2. The summed E-state index contributed by atoms with van der Waals surface area (Å²) >= 11 is 0. The molecule has 0 bridgehead atoms. The Bertz CT molecular complexity index is 219. The third-order valence-electron chi connectivity index (χ3n) is 2.14. The molecule has 0 radical (unpaired) electrons. The van der Waals surface area contributed by atoms with Crippen molar-refractivity contribution in [2.75, 3.05) is 19.6 Å². The van der Waals surface area contributed by atoms with Crippen molar-refractivity contribution in [3.63, 3.8) is 0 Å². The van der Waals surface area contributed by atoms with Gasteiger partial charge in [-0.2, -0.15) is 0 Å². The molecular weight excluding hydrogens is 196 g/mol. The number of carbonyl (C=O) groups excluding carboxylic acids is 1. The van der Waals surface area contributed by atoms with Crippen molar-refractivity contribution in [1.82, 2.24) is 10.2 Å². The van der Waals surface area contributed by atoms with E-state index in [9.17, 15) is 9.59 Å². The molecule has 2 N–H and O–H groups in total. The van der Waals surface area contributed by atoms with E-state index in [4.69, 9.17) is 5.11 Å². The second kappa shape index (κ2) is 7.09. The van der Waals surface area contributed by atoms with Gasteiger partial charge in [-0.25, -0.2) is 4.79 Å². The van der Waals surface area contributed by atoms with Crippen LogP contribution >= 0.6 is 0 Å². The van der Waals surface area contributed by atoms with E-state index in [1.54, 1.807) is 11.8 Å².